The number of esters is 1. The van der Waals surface area contributed by atoms with Crippen molar-refractivity contribution in [1.29, 1.82) is 0 Å². The molecule has 7 heteroatoms. The van der Waals surface area contributed by atoms with Gasteiger partial charge in [0.15, 0.2) is 0 Å². The molecule has 0 bridgehead atoms. The highest BCUT2D eigenvalue weighted by molar-refractivity contribution is 5.81. The van der Waals surface area contributed by atoms with E-state index in [1.165, 1.54) is 0 Å². The van der Waals surface area contributed by atoms with Gasteiger partial charge in [0.2, 0.25) is 0 Å². The van der Waals surface area contributed by atoms with E-state index in [2.05, 4.69) is 5.32 Å². The zero-order chi connectivity index (χ0) is 17.5. The smallest absolute Gasteiger partial charge is 0.408 e. The largest absolute Gasteiger partial charge is 0.480 e. The van der Waals surface area contributed by atoms with Crippen LogP contribution in [0.4, 0.5) is 4.79 Å². The van der Waals surface area contributed by atoms with Crippen molar-refractivity contribution in [3.8, 4) is 5.75 Å². The Labute approximate surface area is 134 Å². The zero-order valence-electron chi connectivity index (χ0n) is 13.4. The Bertz CT molecular complexity index is 549. The number of ether oxygens (including phenoxy) is 2. The molecule has 1 amide bonds. The first-order chi connectivity index (χ1) is 10.7. The maximum Gasteiger partial charge on any atom is 0.408 e. The molecule has 0 aromatic heterocycles. The molecule has 1 aromatic rings. The molecule has 1 rings (SSSR count). The maximum absolute atomic E-state index is 11.7. The Morgan fingerprint density at radius 2 is 1.78 bits per heavy atom. The van der Waals surface area contributed by atoms with Gasteiger partial charge >= 0.3 is 18.0 Å². The molecule has 7 nitrogen and oxygen atoms in total. The Balaban J connectivity index is 2.48. The van der Waals surface area contributed by atoms with Gasteiger partial charge in [-0.2, -0.15) is 0 Å². The highest BCUT2D eigenvalue weighted by atomic mass is 16.6. The van der Waals surface area contributed by atoms with Gasteiger partial charge < -0.3 is 19.9 Å². The minimum atomic E-state index is -1.25. The lowest BCUT2D eigenvalue weighted by atomic mass is 10.2. The third-order valence-electron chi connectivity index (χ3n) is 2.60. The fraction of sp³-hybridized carbons (Fsp3) is 0.438. The van der Waals surface area contributed by atoms with Crippen molar-refractivity contribution in [3.05, 3.63) is 30.3 Å². The molecule has 0 aliphatic heterocycles. The number of carbonyl (C=O) groups is 3. The minimum Gasteiger partial charge on any atom is -0.480 e. The maximum atomic E-state index is 11.7. The second kappa shape index (κ2) is 8.17. The molecule has 0 aliphatic rings. The number of para-hydroxylation sites is 1. The van der Waals surface area contributed by atoms with E-state index in [0.717, 1.165) is 0 Å². The molecule has 0 saturated carbocycles. The molecule has 0 spiro atoms. The van der Waals surface area contributed by atoms with E-state index in [1.54, 1.807) is 51.1 Å². The van der Waals surface area contributed by atoms with Crippen LogP contribution in [0.25, 0.3) is 0 Å². The summed E-state index contributed by atoms with van der Waals surface area (Å²) in [4.78, 5) is 34.4. The second-order valence-electron chi connectivity index (χ2n) is 5.86. The van der Waals surface area contributed by atoms with E-state index < -0.39 is 29.7 Å². The summed E-state index contributed by atoms with van der Waals surface area (Å²) in [5.41, 5.74) is -0.737. The van der Waals surface area contributed by atoms with Crippen LogP contribution in [0.1, 0.15) is 33.6 Å². The number of carboxylic acid groups (broad SMARTS) is 1. The molecule has 0 heterocycles. The van der Waals surface area contributed by atoms with Crippen LogP contribution in [0, 0.1) is 0 Å². The van der Waals surface area contributed by atoms with Gasteiger partial charge in [0.25, 0.3) is 0 Å². The van der Waals surface area contributed by atoms with E-state index in [1.807, 2.05) is 0 Å². The van der Waals surface area contributed by atoms with E-state index in [4.69, 9.17) is 14.6 Å². The van der Waals surface area contributed by atoms with Crippen molar-refractivity contribution in [3.63, 3.8) is 0 Å². The van der Waals surface area contributed by atoms with Crippen molar-refractivity contribution in [2.75, 3.05) is 0 Å². The van der Waals surface area contributed by atoms with Crippen LogP contribution >= 0.6 is 0 Å². The fourth-order valence-electron chi connectivity index (χ4n) is 1.64. The monoisotopic (exact) mass is 329 g/mol. The molecular formula is C16H21NO6. The first-order valence-corrected chi connectivity index (χ1v) is 7.15. The highest BCUT2D eigenvalue weighted by Crippen LogP contribution is 2.11. The number of aliphatic carboxylic acids is 1. The molecule has 1 aromatic carbocycles. The minimum absolute atomic E-state index is 0.0970. The summed E-state index contributed by atoms with van der Waals surface area (Å²) in [6.45, 7) is 5.00. The van der Waals surface area contributed by atoms with E-state index in [-0.39, 0.29) is 12.8 Å². The zero-order valence-corrected chi connectivity index (χ0v) is 13.4. The molecule has 2 N–H and O–H groups in total. The van der Waals surface area contributed by atoms with Crippen molar-refractivity contribution in [1.82, 2.24) is 5.32 Å². The highest BCUT2D eigenvalue weighted by Gasteiger charge is 2.24. The first kappa shape index (κ1) is 18.5. The predicted octanol–water partition coefficient (Wildman–Crippen LogP) is 2.35. The van der Waals surface area contributed by atoms with Gasteiger partial charge in [0.1, 0.15) is 17.4 Å². The summed E-state index contributed by atoms with van der Waals surface area (Å²) in [6, 6.07) is 7.21. The topological polar surface area (TPSA) is 102 Å². The van der Waals surface area contributed by atoms with Crippen molar-refractivity contribution >= 4 is 18.0 Å². The number of carboxylic acids is 1. The number of amides is 1. The second-order valence-corrected chi connectivity index (χ2v) is 5.86. The van der Waals surface area contributed by atoms with Gasteiger partial charge in [0, 0.05) is 6.42 Å². The molecular weight excluding hydrogens is 308 g/mol. The van der Waals surface area contributed by atoms with Crippen molar-refractivity contribution in [2.24, 2.45) is 0 Å². The molecule has 0 aliphatic carbocycles. The molecule has 0 radical (unpaired) electrons. The molecule has 1 atom stereocenters. The standard InChI is InChI=1S/C16H21NO6/c1-16(2,3)23-15(21)17-12(14(19)20)9-10-13(18)22-11-7-5-4-6-8-11/h4-8,12H,9-10H2,1-3H3,(H,17,21)(H,19,20)/t12-/m0/s1/i9+1,10+1,12+1,13+1,14+1,17+1. The number of hydrogen-bond acceptors (Lipinski definition) is 5. The van der Waals surface area contributed by atoms with E-state index in [0.29, 0.717) is 5.75 Å². The van der Waals surface area contributed by atoms with Gasteiger partial charge in [-0.05, 0) is 39.3 Å². The van der Waals surface area contributed by atoms with Crippen LogP contribution in [0.5, 0.6) is 5.75 Å². The average molecular weight is 329 g/mol. The summed E-state index contributed by atoms with van der Waals surface area (Å²) < 4.78 is 10.0. The molecule has 23 heavy (non-hydrogen) atoms. The Kier molecular flexibility index (Phi) is 6.56. The summed E-state index contributed by atoms with van der Waals surface area (Å²) in [6.07, 6.45) is -1.09. The van der Waals surface area contributed by atoms with Gasteiger partial charge in [-0.3, -0.25) is 4.79 Å². The summed E-state index contributed by atoms with van der Waals surface area (Å²) in [5.74, 6) is -1.44. The third kappa shape index (κ3) is 7.85. The van der Waals surface area contributed by atoms with Gasteiger partial charge in [0.05, 0.1) is 0 Å². The summed E-state index contributed by atoms with van der Waals surface area (Å²) in [7, 11) is 0. The number of alkyl carbamates (subject to hydrolysis) is 1. The fourth-order valence-corrected chi connectivity index (χ4v) is 1.64. The van der Waals surface area contributed by atoms with E-state index >= 15 is 0 Å². The SMILES string of the molecule is CC(C)(C)OC(=O)[15NH][13C@@H]([13CH2][13CH2][13C](=O)Oc1ccccc1)[13C](=O)O. The van der Waals surface area contributed by atoms with Gasteiger partial charge in [-0.1, -0.05) is 18.2 Å². The summed E-state index contributed by atoms with van der Waals surface area (Å²) >= 11 is 0. The lowest BCUT2D eigenvalue weighted by Gasteiger charge is -2.21. The Morgan fingerprint density at radius 1 is 1.17 bits per heavy atom. The van der Waals surface area contributed by atoms with Crippen molar-refractivity contribution in [2.45, 2.75) is 45.3 Å². The molecule has 0 fully saturated rings. The van der Waals surface area contributed by atoms with Gasteiger partial charge in [-0.15, -0.1) is 0 Å². The van der Waals surface area contributed by atoms with Crippen LogP contribution in [-0.2, 0) is 14.3 Å². The van der Waals surface area contributed by atoms with E-state index in [9.17, 15) is 14.4 Å². The molecule has 0 unspecified atom stereocenters. The first-order valence-electron chi connectivity index (χ1n) is 7.15. The number of benzene rings is 1. The normalized spacial score (nSPS) is 12.1. The lowest BCUT2D eigenvalue weighted by molar-refractivity contribution is -0.140. The Morgan fingerprint density at radius 3 is 2.30 bits per heavy atom. The number of carbonyl (C=O) groups excluding carboxylic acids is 2. The lowest BCUT2D eigenvalue weighted by Crippen LogP contribution is -2.43. The van der Waals surface area contributed by atoms with Crippen LogP contribution < -0.4 is 10.1 Å². The third-order valence-corrected chi connectivity index (χ3v) is 2.60. The quantitative estimate of drug-likeness (QED) is 0.359. The molecule has 0 saturated heterocycles. The number of hydrogen-bond donors (Lipinski definition) is 2. The van der Waals surface area contributed by atoms with Crippen LogP contribution in [0.3, 0.4) is 0 Å². The average Bonchev–Trinajstić information content (AvgIpc) is 2.42. The van der Waals surface area contributed by atoms with Crippen LogP contribution in [-0.4, -0.2) is 34.8 Å². The van der Waals surface area contributed by atoms with Crippen molar-refractivity contribution < 1.29 is 29.0 Å². The predicted molar refractivity (Wildman–Crippen MR) is 82.1 cm³/mol. The summed E-state index contributed by atoms with van der Waals surface area (Å²) in [5, 5.41) is 11.3. The van der Waals surface area contributed by atoms with Crippen LogP contribution in [0.2, 0.25) is 0 Å². The number of nitrogens with one attached hydrogen (secondary N) is 1. The number of rotatable bonds is 6. The van der Waals surface area contributed by atoms with Gasteiger partial charge in [-0.25, -0.2) is 9.59 Å². The Hall–Kier alpha value is -2.57. The molecule has 126 valence electrons. The van der Waals surface area contributed by atoms with Crippen LogP contribution in [0.15, 0.2) is 30.3 Å².